The van der Waals surface area contributed by atoms with E-state index in [1.165, 1.54) is 6.92 Å². The van der Waals surface area contributed by atoms with Crippen molar-refractivity contribution in [3.05, 3.63) is 0 Å². The molecule has 0 rings (SSSR count). The Balaban J connectivity index is 4.36. The van der Waals surface area contributed by atoms with Gasteiger partial charge < -0.3 is 32.9 Å². The molecule has 9 N–H and O–H groups in total. The maximum Gasteiger partial charge on any atom is 0.326 e. The van der Waals surface area contributed by atoms with Gasteiger partial charge in [0, 0.05) is 6.54 Å². The van der Waals surface area contributed by atoms with Gasteiger partial charge in [0.15, 0.2) is 5.96 Å². The second-order valence-electron chi connectivity index (χ2n) is 4.34. The molecule has 10 nitrogen and oxygen atoms in total. The van der Waals surface area contributed by atoms with Crippen molar-refractivity contribution in [3.63, 3.8) is 0 Å². The highest BCUT2D eigenvalue weighted by atomic mass is 16.4. The lowest BCUT2D eigenvalue weighted by Gasteiger charge is -2.18. The van der Waals surface area contributed by atoms with Gasteiger partial charge in [0.05, 0.1) is 6.54 Å². The number of aliphatic carboxylic acids is 1. The molecule has 21 heavy (non-hydrogen) atoms. The summed E-state index contributed by atoms with van der Waals surface area (Å²) in [5, 5.41) is 13.7. The zero-order valence-electron chi connectivity index (χ0n) is 11.8. The maximum atomic E-state index is 11.8. The molecule has 0 aromatic carbocycles. The normalized spacial score (nSPS) is 12.9. The minimum atomic E-state index is -1.18. The summed E-state index contributed by atoms with van der Waals surface area (Å²) < 4.78 is 0. The molecule has 2 atom stereocenters. The molecule has 0 aliphatic heterocycles. The number of carbonyl (C=O) groups is 3. The summed E-state index contributed by atoms with van der Waals surface area (Å²) in [6.45, 7) is 1.45. The second kappa shape index (κ2) is 9.53. The van der Waals surface area contributed by atoms with Gasteiger partial charge in [-0.15, -0.1) is 0 Å². The van der Waals surface area contributed by atoms with Crippen molar-refractivity contribution in [3.8, 4) is 0 Å². The van der Waals surface area contributed by atoms with Crippen molar-refractivity contribution in [2.45, 2.75) is 31.8 Å². The van der Waals surface area contributed by atoms with Crippen LogP contribution in [0.1, 0.15) is 19.8 Å². The quantitative estimate of drug-likeness (QED) is 0.149. The summed E-state index contributed by atoms with van der Waals surface area (Å²) in [6.07, 6.45) is 0.550. The Bertz CT molecular complexity index is 408. The number of hydrogen-bond acceptors (Lipinski definition) is 5. The highest BCUT2D eigenvalue weighted by Crippen LogP contribution is 1.99. The van der Waals surface area contributed by atoms with Crippen molar-refractivity contribution < 1.29 is 19.5 Å². The average Bonchev–Trinajstić information content (AvgIpc) is 2.40. The van der Waals surface area contributed by atoms with Crippen LogP contribution in [-0.4, -0.2) is 54.0 Å². The summed E-state index contributed by atoms with van der Waals surface area (Å²) in [5.41, 5.74) is 15.4. The van der Waals surface area contributed by atoms with E-state index in [4.69, 9.17) is 22.3 Å². The van der Waals surface area contributed by atoms with Crippen LogP contribution >= 0.6 is 0 Å². The fraction of sp³-hybridized carbons (Fsp3) is 0.636. The number of carboxylic acid groups (broad SMARTS) is 1. The minimum Gasteiger partial charge on any atom is -0.480 e. The third-order valence-corrected chi connectivity index (χ3v) is 2.52. The number of rotatable bonds is 9. The average molecular weight is 302 g/mol. The summed E-state index contributed by atoms with van der Waals surface area (Å²) >= 11 is 0. The molecule has 0 heterocycles. The third kappa shape index (κ3) is 8.42. The zero-order valence-corrected chi connectivity index (χ0v) is 11.8. The SMILES string of the molecule is CC(NC(=O)CN)C(=O)NC(CCCN=C(N)N)C(=O)O. The van der Waals surface area contributed by atoms with Gasteiger partial charge in [-0.05, 0) is 19.8 Å². The van der Waals surface area contributed by atoms with Crippen molar-refractivity contribution in [2.24, 2.45) is 22.2 Å². The molecule has 0 saturated carbocycles. The van der Waals surface area contributed by atoms with Crippen molar-refractivity contribution in [1.82, 2.24) is 10.6 Å². The van der Waals surface area contributed by atoms with Crippen molar-refractivity contribution in [1.29, 1.82) is 0 Å². The number of amides is 2. The molecule has 0 aliphatic rings. The molecule has 120 valence electrons. The number of nitrogens with two attached hydrogens (primary N) is 3. The first-order valence-electron chi connectivity index (χ1n) is 6.36. The first-order chi connectivity index (χ1) is 9.77. The molecule has 2 unspecified atom stereocenters. The van der Waals surface area contributed by atoms with E-state index in [-0.39, 0.29) is 25.5 Å². The monoisotopic (exact) mass is 302 g/mol. The van der Waals surface area contributed by atoms with Crippen LogP contribution in [-0.2, 0) is 14.4 Å². The third-order valence-electron chi connectivity index (χ3n) is 2.52. The van der Waals surface area contributed by atoms with Gasteiger partial charge in [-0.3, -0.25) is 14.6 Å². The molecule has 0 fully saturated rings. The number of hydrogen-bond donors (Lipinski definition) is 6. The summed E-state index contributed by atoms with van der Waals surface area (Å²) in [5.74, 6) is -2.36. The lowest BCUT2D eigenvalue weighted by atomic mass is 10.1. The van der Waals surface area contributed by atoms with Crippen LogP contribution in [0.15, 0.2) is 4.99 Å². The van der Waals surface area contributed by atoms with Gasteiger partial charge in [0.25, 0.3) is 0 Å². The van der Waals surface area contributed by atoms with Crippen LogP contribution in [0.2, 0.25) is 0 Å². The van der Waals surface area contributed by atoms with E-state index < -0.39 is 29.9 Å². The van der Waals surface area contributed by atoms with Gasteiger partial charge in [-0.2, -0.15) is 0 Å². The molecule has 0 aromatic heterocycles. The van der Waals surface area contributed by atoms with E-state index in [0.717, 1.165) is 0 Å². The van der Waals surface area contributed by atoms with Crippen LogP contribution in [0.3, 0.4) is 0 Å². The number of carbonyl (C=O) groups excluding carboxylic acids is 2. The Hall–Kier alpha value is -2.36. The second-order valence-corrected chi connectivity index (χ2v) is 4.34. The Morgan fingerprint density at radius 1 is 1.24 bits per heavy atom. The van der Waals surface area contributed by atoms with E-state index in [2.05, 4.69) is 15.6 Å². The highest BCUT2D eigenvalue weighted by Gasteiger charge is 2.23. The summed E-state index contributed by atoms with van der Waals surface area (Å²) in [4.78, 5) is 37.6. The molecule has 10 heteroatoms. The predicted molar refractivity (Wildman–Crippen MR) is 76.1 cm³/mol. The van der Waals surface area contributed by atoms with E-state index in [0.29, 0.717) is 6.42 Å². The summed E-state index contributed by atoms with van der Waals surface area (Å²) in [7, 11) is 0. The summed E-state index contributed by atoms with van der Waals surface area (Å²) in [6, 6.07) is -1.95. The lowest BCUT2D eigenvalue weighted by molar-refractivity contribution is -0.142. The van der Waals surface area contributed by atoms with Gasteiger partial charge >= 0.3 is 5.97 Å². The fourth-order valence-electron chi connectivity index (χ4n) is 1.42. The number of nitrogens with one attached hydrogen (secondary N) is 2. The highest BCUT2D eigenvalue weighted by molar-refractivity contribution is 5.90. The van der Waals surface area contributed by atoms with Gasteiger partial charge in [-0.1, -0.05) is 0 Å². The first-order valence-corrected chi connectivity index (χ1v) is 6.36. The molecule has 0 bridgehead atoms. The van der Waals surface area contributed by atoms with Gasteiger partial charge in [-0.25, -0.2) is 4.79 Å². The van der Waals surface area contributed by atoms with Crippen LogP contribution in [0, 0.1) is 0 Å². The number of nitrogens with zero attached hydrogens (tertiary/aromatic N) is 1. The Morgan fingerprint density at radius 3 is 2.33 bits per heavy atom. The van der Waals surface area contributed by atoms with Crippen molar-refractivity contribution in [2.75, 3.05) is 13.1 Å². The molecule has 2 amide bonds. The Kier molecular flexibility index (Phi) is 8.46. The molecular formula is C11H22N6O4. The number of aliphatic imine (C=N–C) groups is 1. The fourth-order valence-corrected chi connectivity index (χ4v) is 1.42. The number of carboxylic acids is 1. The Labute approximate surface area is 122 Å². The topological polar surface area (TPSA) is 186 Å². The first kappa shape index (κ1) is 18.6. The van der Waals surface area contributed by atoms with E-state index in [9.17, 15) is 14.4 Å². The molecule has 0 radical (unpaired) electrons. The number of guanidine groups is 1. The van der Waals surface area contributed by atoms with Crippen LogP contribution in [0.25, 0.3) is 0 Å². The van der Waals surface area contributed by atoms with E-state index in [1.807, 2.05) is 0 Å². The largest absolute Gasteiger partial charge is 0.480 e. The Morgan fingerprint density at radius 2 is 1.86 bits per heavy atom. The maximum absolute atomic E-state index is 11.8. The lowest BCUT2D eigenvalue weighted by Crippen LogP contribution is -2.51. The van der Waals surface area contributed by atoms with Crippen LogP contribution < -0.4 is 27.8 Å². The van der Waals surface area contributed by atoms with Crippen molar-refractivity contribution >= 4 is 23.7 Å². The smallest absolute Gasteiger partial charge is 0.326 e. The molecular weight excluding hydrogens is 280 g/mol. The molecule has 0 spiro atoms. The van der Waals surface area contributed by atoms with Gasteiger partial charge in [0.1, 0.15) is 12.1 Å². The predicted octanol–water partition coefficient (Wildman–Crippen LogP) is -2.93. The van der Waals surface area contributed by atoms with Crippen LogP contribution in [0.5, 0.6) is 0 Å². The molecule has 0 saturated heterocycles. The van der Waals surface area contributed by atoms with E-state index in [1.54, 1.807) is 0 Å². The molecule has 0 aliphatic carbocycles. The van der Waals surface area contributed by atoms with Crippen LogP contribution in [0.4, 0.5) is 0 Å². The van der Waals surface area contributed by atoms with Gasteiger partial charge in [0.2, 0.25) is 11.8 Å². The molecule has 0 aromatic rings. The zero-order chi connectivity index (χ0) is 16.4. The van der Waals surface area contributed by atoms with E-state index >= 15 is 0 Å². The standard InChI is InChI=1S/C11H22N6O4/c1-6(16-8(18)5-12)9(19)17-7(10(20)21)3-2-4-15-11(13)14/h6-7H,2-5,12H2,1H3,(H,16,18)(H,17,19)(H,20,21)(H4,13,14,15). The minimum absolute atomic E-state index is 0.0796.